The van der Waals surface area contributed by atoms with E-state index >= 15 is 0 Å². The molecule has 9 heteroatoms. The van der Waals surface area contributed by atoms with Gasteiger partial charge in [0.15, 0.2) is 0 Å². The molecule has 2 unspecified atom stereocenters. The summed E-state index contributed by atoms with van der Waals surface area (Å²) < 4.78 is 26.0. The Labute approximate surface area is 233 Å². The summed E-state index contributed by atoms with van der Waals surface area (Å²) in [5.74, 6) is -0.443. The lowest BCUT2D eigenvalue weighted by Gasteiger charge is -2.17. The molecule has 228 valence electrons. The Morgan fingerprint density at radius 1 is 0.711 bits per heavy atom. The molecule has 0 aliphatic rings. The molecule has 0 saturated carbocycles. The highest BCUT2D eigenvalue weighted by Crippen LogP contribution is 2.43. The number of carbonyl (C=O) groups excluding carboxylic acids is 1. The number of phosphoric acid groups is 1. The number of unbranched alkanes of at least 4 members (excludes halogenated alkanes) is 20. The monoisotopic (exact) mass is 565 g/mol. The van der Waals surface area contributed by atoms with Crippen molar-refractivity contribution in [2.75, 3.05) is 26.4 Å². The smallest absolute Gasteiger partial charge is 0.457 e. The lowest BCUT2D eigenvalue weighted by molar-refractivity contribution is -0.153. The van der Waals surface area contributed by atoms with Crippen LogP contribution in [-0.2, 0) is 23.1 Å². The van der Waals surface area contributed by atoms with E-state index in [0.717, 1.165) is 19.3 Å². The summed E-state index contributed by atoms with van der Waals surface area (Å²) in [6.07, 6.45) is 26.8. The van der Waals surface area contributed by atoms with Crippen molar-refractivity contribution in [3.63, 3.8) is 0 Å². The lowest BCUT2D eigenvalue weighted by atomic mass is 10.0. The van der Waals surface area contributed by atoms with Crippen LogP contribution >= 0.6 is 7.82 Å². The first-order valence-corrected chi connectivity index (χ1v) is 17.1. The molecule has 8 nitrogen and oxygen atoms in total. The standard InChI is InChI=1S/C29H60NO7P/c1-2-3-4-5-6-7-8-9-10-11-12-13-14-15-16-17-18-19-20-21-22-23-29(32)37-28(26-31)27-36-38(33,34)35-25-24-30/h28,31H,2-27,30H2,1H3,(H,33,34). The zero-order valence-electron chi connectivity index (χ0n) is 24.4. The van der Waals surface area contributed by atoms with Crippen molar-refractivity contribution in [2.24, 2.45) is 5.73 Å². The van der Waals surface area contributed by atoms with Crippen LogP contribution in [0.15, 0.2) is 0 Å². The molecule has 2 atom stereocenters. The molecule has 4 N–H and O–H groups in total. The molecule has 0 bridgehead atoms. The number of nitrogens with two attached hydrogens (primary N) is 1. The van der Waals surface area contributed by atoms with E-state index in [1.165, 1.54) is 116 Å². The van der Waals surface area contributed by atoms with Crippen molar-refractivity contribution in [2.45, 2.75) is 154 Å². The summed E-state index contributed by atoms with van der Waals surface area (Å²) >= 11 is 0. The fraction of sp³-hybridized carbons (Fsp3) is 0.966. The van der Waals surface area contributed by atoms with Gasteiger partial charge in [-0.3, -0.25) is 13.8 Å². The van der Waals surface area contributed by atoms with E-state index in [1.807, 2.05) is 0 Å². The number of esters is 1. The topological polar surface area (TPSA) is 128 Å². The van der Waals surface area contributed by atoms with E-state index in [0.29, 0.717) is 0 Å². The van der Waals surface area contributed by atoms with Gasteiger partial charge >= 0.3 is 13.8 Å². The highest BCUT2D eigenvalue weighted by atomic mass is 31.2. The summed E-state index contributed by atoms with van der Waals surface area (Å²) in [7, 11) is -4.26. The molecular weight excluding hydrogens is 505 g/mol. The van der Waals surface area contributed by atoms with Gasteiger partial charge in [0.2, 0.25) is 0 Å². The second-order valence-corrected chi connectivity index (χ2v) is 12.0. The Hall–Kier alpha value is -0.500. The molecule has 0 amide bonds. The fourth-order valence-electron chi connectivity index (χ4n) is 4.45. The highest BCUT2D eigenvalue weighted by Gasteiger charge is 2.24. The van der Waals surface area contributed by atoms with Crippen LogP contribution < -0.4 is 5.73 Å². The van der Waals surface area contributed by atoms with Crippen LogP contribution in [0.3, 0.4) is 0 Å². The van der Waals surface area contributed by atoms with Crippen molar-refractivity contribution in [3.8, 4) is 0 Å². The normalized spacial score (nSPS) is 13.9. The minimum Gasteiger partial charge on any atom is -0.457 e. The average molecular weight is 566 g/mol. The number of aliphatic hydroxyl groups excluding tert-OH is 1. The van der Waals surface area contributed by atoms with Crippen molar-refractivity contribution in [3.05, 3.63) is 0 Å². The number of aliphatic hydroxyl groups is 1. The van der Waals surface area contributed by atoms with Crippen LogP contribution in [0, 0.1) is 0 Å². The van der Waals surface area contributed by atoms with E-state index in [4.69, 9.17) is 15.0 Å². The van der Waals surface area contributed by atoms with E-state index in [1.54, 1.807) is 0 Å². The van der Waals surface area contributed by atoms with Gasteiger partial charge in [-0.05, 0) is 6.42 Å². The maximum Gasteiger partial charge on any atom is 0.472 e. The van der Waals surface area contributed by atoms with Gasteiger partial charge in [0.1, 0.15) is 6.10 Å². The van der Waals surface area contributed by atoms with Gasteiger partial charge < -0.3 is 20.5 Å². The van der Waals surface area contributed by atoms with Gasteiger partial charge in [0, 0.05) is 13.0 Å². The third-order valence-electron chi connectivity index (χ3n) is 6.78. The van der Waals surface area contributed by atoms with E-state index in [9.17, 15) is 19.4 Å². The first-order valence-electron chi connectivity index (χ1n) is 15.6. The molecule has 0 aromatic carbocycles. The van der Waals surface area contributed by atoms with Gasteiger partial charge in [-0.25, -0.2) is 4.57 Å². The Balaban J connectivity index is 3.42. The molecule has 0 aliphatic carbocycles. The number of rotatable bonds is 30. The van der Waals surface area contributed by atoms with Crippen molar-refractivity contribution < 1.29 is 33.1 Å². The van der Waals surface area contributed by atoms with Crippen molar-refractivity contribution in [1.82, 2.24) is 0 Å². The van der Waals surface area contributed by atoms with E-state index in [-0.39, 0.29) is 19.6 Å². The van der Waals surface area contributed by atoms with E-state index in [2.05, 4.69) is 11.4 Å². The molecule has 0 saturated heterocycles. The molecule has 0 fully saturated rings. The third-order valence-corrected chi connectivity index (χ3v) is 7.77. The average Bonchev–Trinajstić information content (AvgIpc) is 2.90. The fourth-order valence-corrected chi connectivity index (χ4v) is 5.22. The predicted octanol–water partition coefficient (Wildman–Crippen LogP) is 7.58. The van der Waals surface area contributed by atoms with Crippen LogP contribution in [0.25, 0.3) is 0 Å². The predicted molar refractivity (Wildman–Crippen MR) is 155 cm³/mol. The van der Waals surface area contributed by atoms with Crippen LogP contribution in [0.4, 0.5) is 0 Å². The van der Waals surface area contributed by atoms with Gasteiger partial charge in [-0.2, -0.15) is 0 Å². The summed E-state index contributed by atoms with van der Waals surface area (Å²) in [4.78, 5) is 21.4. The van der Waals surface area contributed by atoms with Gasteiger partial charge in [0.25, 0.3) is 0 Å². The van der Waals surface area contributed by atoms with Crippen LogP contribution in [0.1, 0.15) is 148 Å². The second-order valence-electron chi connectivity index (χ2n) is 10.5. The summed E-state index contributed by atoms with van der Waals surface area (Å²) in [6.45, 7) is 1.31. The van der Waals surface area contributed by atoms with Crippen LogP contribution in [-0.4, -0.2) is 48.4 Å². The molecule has 0 aliphatic heterocycles. The molecular formula is C29H60NO7P. The molecule has 38 heavy (non-hydrogen) atoms. The Bertz CT molecular complexity index is 565. The van der Waals surface area contributed by atoms with Gasteiger partial charge in [-0.1, -0.05) is 135 Å². The Morgan fingerprint density at radius 2 is 1.11 bits per heavy atom. The molecule has 0 aromatic heterocycles. The number of hydrogen-bond donors (Lipinski definition) is 3. The minimum absolute atomic E-state index is 0.0752. The first-order chi connectivity index (χ1) is 18.4. The minimum atomic E-state index is -4.26. The molecule has 0 aromatic rings. The first kappa shape index (κ1) is 37.5. The number of ether oxygens (including phenoxy) is 1. The molecule has 0 rings (SSSR count). The lowest BCUT2D eigenvalue weighted by Crippen LogP contribution is -2.27. The van der Waals surface area contributed by atoms with Gasteiger partial charge in [-0.15, -0.1) is 0 Å². The molecule has 0 spiro atoms. The second kappa shape index (κ2) is 28.0. The summed E-state index contributed by atoms with van der Waals surface area (Å²) in [5.41, 5.74) is 5.21. The highest BCUT2D eigenvalue weighted by molar-refractivity contribution is 7.47. The maximum absolute atomic E-state index is 11.9. The van der Waals surface area contributed by atoms with Crippen molar-refractivity contribution >= 4 is 13.8 Å². The zero-order valence-corrected chi connectivity index (χ0v) is 25.3. The van der Waals surface area contributed by atoms with Crippen molar-refractivity contribution in [1.29, 1.82) is 0 Å². The Kier molecular flexibility index (Phi) is 27.7. The zero-order chi connectivity index (χ0) is 28.2. The third kappa shape index (κ3) is 27.1. The molecule has 0 heterocycles. The number of hydrogen-bond acceptors (Lipinski definition) is 7. The SMILES string of the molecule is CCCCCCCCCCCCCCCCCCCCCCCC(=O)OC(CO)COP(=O)(O)OCCN. The molecule has 0 radical (unpaired) electrons. The Morgan fingerprint density at radius 3 is 1.47 bits per heavy atom. The summed E-state index contributed by atoms with van der Waals surface area (Å²) in [6, 6.07) is 0. The number of phosphoric ester groups is 1. The maximum atomic E-state index is 11.9. The van der Waals surface area contributed by atoms with Gasteiger partial charge in [0.05, 0.1) is 19.8 Å². The van der Waals surface area contributed by atoms with Crippen LogP contribution in [0.2, 0.25) is 0 Å². The number of carbonyl (C=O) groups is 1. The quantitative estimate of drug-likeness (QED) is 0.0462. The van der Waals surface area contributed by atoms with Crippen LogP contribution in [0.5, 0.6) is 0 Å². The largest absolute Gasteiger partial charge is 0.472 e. The summed E-state index contributed by atoms with van der Waals surface area (Å²) in [5, 5.41) is 9.30. The van der Waals surface area contributed by atoms with E-state index < -0.39 is 33.1 Å².